The fraction of sp³-hybridized carbons (Fsp3) is 0.471. The molecule has 4 nitrogen and oxygen atoms in total. The normalized spacial score (nSPS) is 22.2. The number of ketones is 1. The first kappa shape index (κ1) is 15.4. The summed E-state index contributed by atoms with van der Waals surface area (Å²) in [5.74, 6) is 0.00943. The van der Waals surface area contributed by atoms with Gasteiger partial charge < -0.3 is 5.41 Å². The Balaban J connectivity index is 2.09. The van der Waals surface area contributed by atoms with E-state index >= 15 is 0 Å². The van der Waals surface area contributed by atoms with E-state index in [1.54, 1.807) is 6.92 Å². The summed E-state index contributed by atoms with van der Waals surface area (Å²) >= 11 is 0. The van der Waals surface area contributed by atoms with Crippen molar-refractivity contribution in [2.75, 3.05) is 7.05 Å². The third-order valence-electron chi connectivity index (χ3n) is 3.84. The lowest BCUT2D eigenvalue weighted by atomic mass is 9.93. The molecule has 0 heterocycles. The molecule has 21 heavy (non-hydrogen) atoms. The highest BCUT2D eigenvalue weighted by atomic mass is 16.1. The van der Waals surface area contributed by atoms with Crippen LogP contribution in [-0.2, 0) is 4.79 Å². The van der Waals surface area contributed by atoms with Gasteiger partial charge in [-0.15, -0.1) is 0 Å². The van der Waals surface area contributed by atoms with Crippen molar-refractivity contribution in [3.8, 4) is 0 Å². The van der Waals surface area contributed by atoms with Crippen molar-refractivity contribution in [3.05, 3.63) is 36.0 Å². The number of likely N-dealkylation sites (N-methyl/N-ethyl adjacent to an activating group) is 1. The molecule has 0 aromatic heterocycles. The van der Waals surface area contributed by atoms with Crippen LogP contribution in [0.25, 0.3) is 0 Å². The second kappa shape index (κ2) is 7.16. The number of rotatable bonds is 5. The first-order chi connectivity index (χ1) is 10.1. The van der Waals surface area contributed by atoms with Crippen LogP contribution in [-0.4, -0.2) is 35.3 Å². The summed E-state index contributed by atoms with van der Waals surface area (Å²) in [4.78, 5) is 11.8. The minimum atomic E-state index is 0.00943. The fourth-order valence-corrected chi connectivity index (χ4v) is 2.59. The predicted octanol–water partition coefficient (Wildman–Crippen LogP) is 3.27. The van der Waals surface area contributed by atoms with E-state index in [0.717, 1.165) is 31.3 Å². The van der Waals surface area contributed by atoms with Gasteiger partial charge in [0.2, 0.25) is 0 Å². The van der Waals surface area contributed by atoms with Gasteiger partial charge in [0.25, 0.3) is 0 Å². The fourth-order valence-electron chi connectivity index (χ4n) is 2.59. The Morgan fingerprint density at radius 1 is 1.43 bits per heavy atom. The third-order valence-corrected chi connectivity index (χ3v) is 3.84. The first-order valence-electron chi connectivity index (χ1n) is 7.47. The van der Waals surface area contributed by atoms with Crippen molar-refractivity contribution < 1.29 is 4.79 Å². The van der Waals surface area contributed by atoms with Crippen LogP contribution in [0.3, 0.4) is 0 Å². The van der Waals surface area contributed by atoms with Gasteiger partial charge in [0.15, 0.2) is 5.78 Å². The van der Waals surface area contributed by atoms with Gasteiger partial charge in [0, 0.05) is 26.1 Å². The molecular weight excluding hydrogens is 262 g/mol. The zero-order chi connectivity index (χ0) is 15.2. The summed E-state index contributed by atoms with van der Waals surface area (Å²) in [6.45, 7) is 1.57. The molecule has 0 fully saturated rings. The van der Waals surface area contributed by atoms with Crippen molar-refractivity contribution in [2.45, 2.75) is 45.1 Å². The molecule has 1 N–H and O–H groups in total. The molecule has 1 unspecified atom stereocenters. The minimum Gasteiger partial charge on any atom is -0.305 e. The Morgan fingerprint density at radius 2 is 2.24 bits per heavy atom. The Labute approximate surface area is 126 Å². The molecule has 1 atom stereocenters. The van der Waals surface area contributed by atoms with Crippen LogP contribution in [0.1, 0.15) is 39.0 Å². The topological polar surface area (TPSA) is 56.5 Å². The Hall–Kier alpha value is -1.97. The molecule has 0 aromatic rings. The van der Waals surface area contributed by atoms with E-state index in [1.165, 1.54) is 0 Å². The van der Waals surface area contributed by atoms with Gasteiger partial charge in [-0.2, -0.15) is 5.10 Å². The molecule has 0 spiro atoms. The minimum absolute atomic E-state index is 0.00943. The van der Waals surface area contributed by atoms with E-state index in [2.05, 4.69) is 17.3 Å². The molecule has 2 aliphatic rings. The molecular formula is C17H23N3O. The van der Waals surface area contributed by atoms with E-state index in [1.807, 2.05) is 30.3 Å². The van der Waals surface area contributed by atoms with Crippen molar-refractivity contribution >= 4 is 17.2 Å². The number of nitrogens with one attached hydrogen (secondary N) is 1. The van der Waals surface area contributed by atoms with Gasteiger partial charge in [-0.3, -0.25) is 9.80 Å². The van der Waals surface area contributed by atoms with Crippen LogP contribution in [0.5, 0.6) is 0 Å². The van der Waals surface area contributed by atoms with Crippen molar-refractivity contribution in [2.24, 2.45) is 5.10 Å². The van der Waals surface area contributed by atoms with Gasteiger partial charge >= 0.3 is 0 Å². The standard InChI is InChI=1S/C17H23N3O/c1-13(21)17(12-14-7-6-8-15(18)11-14)19-20(2)16-9-4-3-5-10-16/h3-5,9,11,16,18H,6-8,10,12H2,1-2H3. The monoisotopic (exact) mass is 285 g/mol. The zero-order valence-electron chi connectivity index (χ0n) is 12.8. The molecule has 0 aromatic carbocycles. The number of Topliss-reactive ketones (excluding diaryl/α,β-unsaturated/α-hetero) is 1. The molecule has 0 bridgehead atoms. The molecule has 0 saturated carbocycles. The second-order valence-corrected chi connectivity index (χ2v) is 5.65. The van der Waals surface area contributed by atoms with Crippen molar-refractivity contribution in [3.63, 3.8) is 0 Å². The SMILES string of the molecule is CC(=O)C(CC1=CC(=N)CCC1)=NN(C)C1C=CC=CC1. The molecule has 4 heteroatoms. The van der Waals surface area contributed by atoms with Crippen LogP contribution < -0.4 is 0 Å². The Morgan fingerprint density at radius 3 is 2.86 bits per heavy atom. The lowest BCUT2D eigenvalue weighted by Gasteiger charge is -2.24. The summed E-state index contributed by atoms with van der Waals surface area (Å²) < 4.78 is 0. The average molecular weight is 285 g/mol. The number of carbonyl (C=O) groups is 1. The molecule has 0 saturated heterocycles. The number of nitrogens with zero attached hydrogens (tertiary/aromatic N) is 2. The van der Waals surface area contributed by atoms with E-state index < -0.39 is 0 Å². The van der Waals surface area contributed by atoms with Crippen LogP contribution in [0.2, 0.25) is 0 Å². The molecule has 0 aliphatic heterocycles. The van der Waals surface area contributed by atoms with Crippen LogP contribution in [0.4, 0.5) is 0 Å². The van der Waals surface area contributed by atoms with Crippen molar-refractivity contribution in [1.29, 1.82) is 5.41 Å². The maximum atomic E-state index is 11.8. The highest BCUT2D eigenvalue weighted by Crippen LogP contribution is 2.20. The average Bonchev–Trinajstić information content (AvgIpc) is 2.47. The molecule has 112 valence electrons. The van der Waals surface area contributed by atoms with Gasteiger partial charge in [0.05, 0.1) is 6.04 Å². The molecule has 2 rings (SSSR count). The van der Waals surface area contributed by atoms with Crippen LogP contribution in [0, 0.1) is 5.41 Å². The van der Waals surface area contributed by atoms with Crippen molar-refractivity contribution in [1.82, 2.24) is 5.01 Å². The highest BCUT2D eigenvalue weighted by Gasteiger charge is 2.16. The number of allylic oxidation sites excluding steroid dienone is 4. The summed E-state index contributed by atoms with van der Waals surface area (Å²) in [6.07, 6.45) is 14.4. The van der Waals surface area contributed by atoms with Gasteiger partial charge in [-0.1, -0.05) is 29.9 Å². The summed E-state index contributed by atoms with van der Waals surface area (Å²) in [5, 5.41) is 14.1. The lowest BCUT2D eigenvalue weighted by molar-refractivity contribution is -0.111. The predicted molar refractivity (Wildman–Crippen MR) is 86.8 cm³/mol. The number of hydrazone groups is 1. The third kappa shape index (κ3) is 4.52. The maximum absolute atomic E-state index is 11.8. The quantitative estimate of drug-likeness (QED) is 0.622. The van der Waals surface area contributed by atoms with Crippen LogP contribution >= 0.6 is 0 Å². The smallest absolute Gasteiger partial charge is 0.176 e. The Bertz CT molecular complexity index is 540. The first-order valence-corrected chi connectivity index (χ1v) is 7.47. The Kier molecular flexibility index (Phi) is 5.26. The lowest BCUT2D eigenvalue weighted by Crippen LogP contribution is -2.28. The number of hydrogen-bond donors (Lipinski definition) is 1. The second-order valence-electron chi connectivity index (χ2n) is 5.65. The summed E-state index contributed by atoms with van der Waals surface area (Å²) in [6, 6.07) is 0.211. The van der Waals surface area contributed by atoms with E-state index in [-0.39, 0.29) is 11.8 Å². The largest absolute Gasteiger partial charge is 0.305 e. The summed E-state index contributed by atoms with van der Waals surface area (Å²) in [7, 11) is 1.91. The highest BCUT2D eigenvalue weighted by molar-refractivity contribution is 6.39. The number of hydrogen-bond acceptors (Lipinski definition) is 4. The van der Waals surface area contributed by atoms with Crippen LogP contribution in [0.15, 0.2) is 41.1 Å². The maximum Gasteiger partial charge on any atom is 0.176 e. The number of carbonyl (C=O) groups excluding carboxylic acids is 1. The molecule has 0 radical (unpaired) electrons. The summed E-state index contributed by atoms with van der Waals surface area (Å²) in [5.41, 5.74) is 2.39. The molecule has 2 aliphatic carbocycles. The molecule has 0 amide bonds. The van der Waals surface area contributed by atoms with E-state index in [4.69, 9.17) is 5.41 Å². The van der Waals surface area contributed by atoms with E-state index in [9.17, 15) is 4.79 Å². The zero-order valence-corrected chi connectivity index (χ0v) is 12.8. The van der Waals surface area contributed by atoms with Gasteiger partial charge in [-0.25, -0.2) is 0 Å². The van der Waals surface area contributed by atoms with Gasteiger partial charge in [-0.05, 0) is 31.8 Å². The van der Waals surface area contributed by atoms with Gasteiger partial charge in [0.1, 0.15) is 5.71 Å². The van der Waals surface area contributed by atoms with E-state index in [0.29, 0.717) is 17.8 Å².